The van der Waals surface area contributed by atoms with Crippen LogP contribution < -0.4 is 5.73 Å². The molecule has 0 saturated carbocycles. The second-order valence-electron chi connectivity index (χ2n) is 4.26. The molecule has 2 aromatic rings. The van der Waals surface area contributed by atoms with Crippen molar-refractivity contribution in [2.45, 2.75) is 6.54 Å². The normalized spacial score (nSPS) is 10.2. The van der Waals surface area contributed by atoms with E-state index in [2.05, 4.69) is 4.98 Å². The monoisotopic (exact) mass is 259 g/mol. The second-order valence-corrected chi connectivity index (χ2v) is 4.26. The Balaban J connectivity index is 2.17. The number of carbonyl (C=O) groups is 1. The van der Waals surface area contributed by atoms with E-state index in [0.29, 0.717) is 12.2 Å². The Hall–Kier alpha value is -2.43. The van der Waals surface area contributed by atoms with Crippen LogP contribution in [-0.2, 0) is 6.54 Å². The zero-order valence-electron chi connectivity index (χ0n) is 10.5. The van der Waals surface area contributed by atoms with Crippen LogP contribution in [0.2, 0.25) is 0 Å². The summed E-state index contributed by atoms with van der Waals surface area (Å²) in [5, 5.41) is 0. The molecule has 0 radical (unpaired) electrons. The van der Waals surface area contributed by atoms with Crippen LogP contribution >= 0.6 is 0 Å². The van der Waals surface area contributed by atoms with Gasteiger partial charge in [0.2, 0.25) is 0 Å². The molecule has 5 heteroatoms. The number of amides is 1. The molecule has 0 aliphatic carbocycles. The lowest BCUT2D eigenvalue weighted by molar-refractivity contribution is 0.0780. The molecule has 0 aliphatic rings. The van der Waals surface area contributed by atoms with Gasteiger partial charge in [0.1, 0.15) is 5.82 Å². The number of hydrogen-bond acceptors (Lipinski definition) is 3. The molecule has 19 heavy (non-hydrogen) atoms. The predicted molar refractivity (Wildman–Crippen MR) is 70.8 cm³/mol. The number of carbonyl (C=O) groups excluding carboxylic acids is 1. The fourth-order valence-electron chi connectivity index (χ4n) is 1.75. The molecule has 0 aliphatic heterocycles. The molecular formula is C14H14FN3O. The first kappa shape index (κ1) is 13.0. The first-order valence-electron chi connectivity index (χ1n) is 5.77. The molecule has 1 aromatic carbocycles. The molecule has 1 heterocycles. The summed E-state index contributed by atoms with van der Waals surface area (Å²) in [6.45, 7) is 0.362. The second kappa shape index (κ2) is 5.48. The molecule has 0 bridgehead atoms. The number of aromatic nitrogens is 1. The first-order chi connectivity index (χ1) is 9.08. The summed E-state index contributed by atoms with van der Waals surface area (Å²) < 4.78 is 13.6. The molecular weight excluding hydrogens is 245 g/mol. The number of nitrogen functional groups attached to an aromatic ring is 1. The lowest BCUT2D eigenvalue weighted by Crippen LogP contribution is -2.27. The number of nitrogens with zero attached hydrogens (tertiary/aromatic N) is 2. The van der Waals surface area contributed by atoms with Crippen LogP contribution in [0, 0.1) is 5.82 Å². The molecule has 0 saturated heterocycles. The van der Waals surface area contributed by atoms with Gasteiger partial charge in [0.25, 0.3) is 5.91 Å². The van der Waals surface area contributed by atoms with E-state index >= 15 is 0 Å². The fraction of sp³-hybridized carbons (Fsp3) is 0.143. The van der Waals surface area contributed by atoms with Gasteiger partial charge in [0.05, 0.1) is 5.56 Å². The topological polar surface area (TPSA) is 59.2 Å². The van der Waals surface area contributed by atoms with Gasteiger partial charge in [0, 0.05) is 31.7 Å². The average molecular weight is 259 g/mol. The van der Waals surface area contributed by atoms with Gasteiger partial charge in [-0.2, -0.15) is 0 Å². The molecule has 2 N–H and O–H groups in total. The summed E-state index contributed by atoms with van der Waals surface area (Å²) in [6, 6.07) is 7.60. The van der Waals surface area contributed by atoms with Crippen LogP contribution in [-0.4, -0.2) is 22.8 Å². The van der Waals surface area contributed by atoms with Crippen LogP contribution in [0.1, 0.15) is 15.9 Å². The zero-order valence-corrected chi connectivity index (χ0v) is 10.5. The van der Waals surface area contributed by atoms with Crippen molar-refractivity contribution in [3.63, 3.8) is 0 Å². The minimum absolute atomic E-state index is 0.0219. The van der Waals surface area contributed by atoms with E-state index in [1.807, 2.05) is 6.07 Å². The SMILES string of the molecule is CN(Cc1cccnc1)C(=O)c1cc(N)ccc1F. The number of rotatable bonds is 3. The molecule has 1 amide bonds. The van der Waals surface area contributed by atoms with Crippen LogP contribution in [0.3, 0.4) is 0 Å². The first-order valence-corrected chi connectivity index (χ1v) is 5.77. The van der Waals surface area contributed by atoms with Gasteiger partial charge >= 0.3 is 0 Å². The third-order valence-electron chi connectivity index (χ3n) is 2.71. The third kappa shape index (κ3) is 3.07. The van der Waals surface area contributed by atoms with Crippen molar-refractivity contribution in [1.29, 1.82) is 0 Å². The molecule has 0 fully saturated rings. The highest BCUT2D eigenvalue weighted by Crippen LogP contribution is 2.15. The summed E-state index contributed by atoms with van der Waals surface area (Å²) in [6.07, 6.45) is 3.32. The van der Waals surface area contributed by atoms with Crippen molar-refractivity contribution >= 4 is 11.6 Å². The van der Waals surface area contributed by atoms with Gasteiger partial charge in [-0.3, -0.25) is 9.78 Å². The van der Waals surface area contributed by atoms with Gasteiger partial charge < -0.3 is 10.6 Å². The highest BCUT2D eigenvalue weighted by molar-refractivity contribution is 5.95. The van der Waals surface area contributed by atoms with Crippen LogP contribution in [0.5, 0.6) is 0 Å². The average Bonchev–Trinajstić information content (AvgIpc) is 2.42. The number of pyridine rings is 1. The largest absolute Gasteiger partial charge is 0.399 e. The number of benzene rings is 1. The maximum atomic E-state index is 13.6. The Morgan fingerprint density at radius 2 is 2.21 bits per heavy atom. The summed E-state index contributed by atoms with van der Waals surface area (Å²) in [4.78, 5) is 17.5. The van der Waals surface area contributed by atoms with Crippen molar-refractivity contribution in [2.75, 3.05) is 12.8 Å². The molecule has 0 unspecified atom stereocenters. The molecule has 4 nitrogen and oxygen atoms in total. The molecule has 1 aromatic heterocycles. The lowest BCUT2D eigenvalue weighted by atomic mass is 10.1. The van der Waals surface area contributed by atoms with Crippen molar-refractivity contribution in [2.24, 2.45) is 0 Å². The zero-order chi connectivity index (χ0) is 13.8. The Labute approximate surface area is 110 Å². The Bertz CT molecular complexity index is 586. The van der Waals surface area contributed by atoms with Gasteiger partial charge in [0.15, 0.2) is 0 Å². The molecule has 98 valence electrons. The Morgan fingerprint density at radius 3 is 2.89 bits per heavy atom. The van der Waals surface area contributed by atoms with Crippen molar-refractivity contribution in [3.8, 4) is 0 Å². The third-order valence-corrected chi connectivity index (χ3v) is 2.71. The maximum absolute atomic E-state index is 13.6. The quantitative estimate of drug-likeness (QED) is 0.858. The standard InChI is InChI=1S/C14H14FN3O/c1-18(9-10-3-2-6-17-8-10)14(19)12-7-11(16)4-5-13(12)15/h2-8H,9,16H2,1H3. The number of hydrogen-bond donors (Lipinski definition) is 1. The fourth-order valence-corrected chi connectivity index (χ4v) is 1.75. The molecule has 0 spiro atoms. The number of nitrogens with two attached hydrogens (primary N) is 1. The summed E-state index contributed by atoms with van der Waals surface area (Å²) in [5.41, 5.74) is 6.79. The Morgan fingerprint density at radius 1 is 1.42 bits per heavy atom. The highest BCUT2D eigenvalue weighted by Gasteiger charge is 2.16. The minimum atomic E-state index is -0.572. The summed E-state index contributed by atoms with van der Waals surface area (Å²) in [5.74, 6) is -0.981. The van der Waals surface area contributed by atoms with Gasteiger partial charge in [-0.05, 0) is 29.8 Å². The Kier molecular flexibility index (Phi) is 3.75. The summed E-state index contributed by atoms with van der Waals surface area (Å²) >= 11 is 0. The smallest absolute Gasteiger partial charge is 0.256 e. The van der Waals surface area contributed by atoms with Gasteiger partial charge in [-0.1, -0.05) is 6.07 Å². The molecule has 0 atom stereocenters. The van der Waals surface area contributed by atoms with E-state index in [1.54, 1.807) is 25.5 Å². The number of halogens is 1. The van der Waals surface area contributed by atoms with E-state index < -0.39 is 11.7 Å². The van der Waals surface area contributed by atoms with Crippen LogP contribution in [0.4, 0.5) is 10.1 Å². The highest BCUT2D eigenvalue weighted by atomic mass is 19.1. The van der Waals surface area contributed by atoms with Crippen molar-refractivity contribution in [1.82, 2.24) is 9.88 Å². The van der Waals surface area contributed by atoms with Crippen molar-refractivity contribution < 1.29 is 9.18 Å². The van der Waals surface area contributed by atoms with E-state index in [0.717, 1.165) is 5.56 Å². The maximum Gasteiger partial charge on any atom is 0.256 e. The van der Waals surface area contributed by atoms with E-state index in [4.69, 9.17) is 5.73 Å². The van der Waals surface area contributed by atoms with E-state index in [1.165, 1.54) is 23.1 Å². The molecule has 2 rings (SSSR count). The van der Waals surface area contributed by atoms with Gasteiger partial charge in [-0.25, -0.2) is 4.39 Å². The van der Waals surface area contributed by atoms with Crippen LogP contribution in [0.15, 0.2) is 42.7 Å². The van der Waals surface area contributed by atoms with E-state index in [-0.39, 0.29) is 5.56 Å². The van der Waals surface area contributed by atoms with Gasteiger partial charge in [-0.15, -0.1) is 0 Å². The van der Waals surface area contributed by atoms with Crippen LogP contribution in [0.25, 0.3) is 0 Å². The summed E-state index contributed by atoms with van der Waals surface area (Å²) in [7, 11) is 1.61. The van der Waals surface area contributed by atoms with E-state index in [9.17, 15) is 9.18 Å². The van der Waals surface area contributed by atoms with Crippen molar-refractivity contribution in [3.05, 3.63) is 59.7 Å². The number of anilines is 1. The predicted octanol–water partition coefficient (Wildman–Crippen LogP) is 2.08. The lowest BCUT2D eigenvalue weighted by Gasteiger charge is -2.17. The minimum Gasteiger partial charge on any atom is -0.399 e.